The van der Waals surface area contributed by atoms with E-state index in [2.05, 4.69) is 21.6 Å². The van der Waals surface area contributed by atoms with Gasteiger partial charge in [0.2, 0.25) is 5.91 Å². The van der Waals surface area contributed by atoms with Crippen molar-refractivity contribution in [2.45, 2.75) is 20.8 Å². The molecule has 1 aromatic rings. The van der Waals surface area contributed by atoms with Gasteiger partial charge in [0.05, 0.1) is 11.6 Å². The molecular weight excluding hydrogens is 242 g/mol. The van der Waals surface area contributed by atoms with Crippen LogP contribution in [-0.2, 0) is 4.79 Å². The van der Waals surface area contributed by atoms with Gasteiger partial charge in [-0.3, -0.25) is 4.79 Å². The van der Waals surface area contributed by atoms with Crippen LogP contribution in [0.2, 0.25) is 0 Å². The SMILES string of the molecule is CNC(=O)C(C)CN(C)c1nnc(C)c(C)c1C#N. The minimum Gasteiger partial charge on any atom is -0.359 e. The van der Waals surface area contributed by atoms with E-state index in [9.17, 15) is 10.1 Å². The van der Waals surface area contributed by atoms with Crippen LogP contribution in [0.5, 0.6) is 0 Å². The Morgan fingerprint density at radius 1 is 1.47 bits per heavy atom. The number of carbonyl (C=O) groups excluding carboxylic acids is 1. The molecule has 1 heterocycles. The molecule has 0 bridgehead atoms. The third-order valence-corrected chi connectivity index (χ3v) is 3.15. The lowest BCUT2D eigenvalue weighted by Gasteiger charge is -2.22. The molecule has 0 saturated heterocycles. The van der Waals surface area contributed by atoms with Gasteiger partial charge in [0.25, 0.3) is 0 Å². The molecule has 19 heavy (non-hydrogen) atoms. The second-order valence-electron chi connectivity index (χ2n) is 4.62. The fraction of sp³-hybridized carbons (Fsp3) is 0.538. The Bertz CT molecular complexity index is 521. The van der Waals surface area contributed by atoms with Gasteiger partial charge in [0.15, 0.2) is 5.82 Å². The fourth-order valence-electron chi connectivity index (χ4n) is 1.82. The first-order valence-electron chi connectivity index (χ1n) is 6.09. The van der Waals surface area contributed by atoms with Crippen molar-refractivity contribution in [3.63, 3.8) is 0 Å². The van der Waals surface area contributed by atoms with Crippen LogP contribution in [0.3, 0.4) is 0 Å². The van der Waals surface area contributed by atoms with E-state index >= 15 is 0 Å². The molecule has 102 valence electrons. The molecule has 0 radical (unpaired) electrons. The van der Waals surface area contributed by atoms with Gasteiger partial charge in [-0.25, -0.2) is 0 Å². The highest BCUT2D eigenvalue weighted by Crippen LogP contribution is 2.20. The number of hydrogen-bond acceptors (Lipinski definition) is 5. The van der Waals surface area contributed by atoms with Crippen LogP contribution in [0.25, 0.3) is 0 Å². The minimum atomic E-state index is -0.190. The molecule has 1 aromatic heterocycles. The Hall–Kier alpha value is -2.16. The summed E-state index contributed by atoms with van der Waals surface area (Å²) >= 11 is 0. The summed E-state index contributed by atoms with van der Waals surface area (Å²) in [6, 6.07) is 2.16. The molecule has 0 aliphatic rings. The molecule has 0 aliphatic heterocycles. The molecule has 0 spiro atoms. The van der Waals surface area contributed by atoms with Crippen LogP contribution in [0.15, 0.2) is 0 Å². The maximum absolute atomic E-state index is 11.5. The van der Waals surface area contributed by atoms with Gasteiger partial charge < -0.3 is 10.2 Å². The third kappa shape index (κ3) is 3.19. The second kappa shape index (κ2) is 6.14. The van der Waals surface area contributed by atoms with Crippen LogP contribution >= 0.6 is 0 Å². The van der Waals surface area contributed by atoms with Crippen LogP contribution in [0.1, 0.15) is 23.7 Å². The maximum Gasteiger partial charge on any atom is 0.224 e. The van der Waals surface area contributed by atoms with Gasteiger partial charge in [0, 0.05) is 20.6 Å². The molecule has 1 atom stereocenters. The van der Waals surface area contributed by atoms with Gasteiger partial charge in [-0.1, -0.05) is 6.92 Å². The molecule has 1 amide bonds. The summed E-state index contributed by atoms with van der Waals surface area (Å²) < 4.78 is 0. The van der Waals surface area contributed by atoms with E-state index in [1.54, 1.807) is 19.0 Å². The summed E-state index contributed by atoms with van der Waals surface area (Å²) in [5.41, 5.74) is 2.08. The van der Waals surface area contributed by atoms with E-state index in [4.69, 9.17) is 0 Å². The summed E-state index contributed by atoms with van der Waals surface area (Å²) in [5, 5.41) is 19.9. The van der Waals surface area contributed by atoms with Crippen molar-refractivity contribution >= 4 is 11.7 Å². The normalized spacial score (nSPS) is 11.6. The summed E-state index contributed by atoms with van der Waals surface area (Å²) in [4.78, 5) is 13.3. The van der Waals surface area contributed by atoms with Gasteiger partial charge >= 0.3 is 0 Å². The summed E-state index contributed by atoms with van der Waals surface area (Å²) in [5.74, 6) is 0.286. The predicted octanol–water partition coefficient (Wildman–Crippen LogP) is 0.783. The predicted molar refractivity (Wildman–Crippen MR) is 72.7 cm³/mol. The molecule has 1 N–H and O–H groups in total. The first-order chi connectivity index (χ1) is 8.92. The number of nitriles is 1. The molecule has 6 nitrogen and oxygen atoms in total. The number of carbonyl (C=O) groups is 1. The Morgan fingerprint density at radius 3 is 2.63 bits per heavy atom. The molecule has 0 saturated carbocycles. The third-order valence-electron chi connectivity index (χ3n) is 3.15. The van der Waals surface area contributed by atoms with Crippen molar-refractivity contribution < 1.29 is 4.79 Å². The average molecular weight is 261 g/mol. The number of nitrogens with one attached hydrogen (secondary N) is 1. The minimum absolute atomic E-state index is 0.0397. The lowest BCUT2D eigenvalue weighted by atomic mass is 10.1. The smallest absolute Gasteiger partial charge is 0.224 e. The second-order valence-corrected chi connectivity index (χ2v) is 4.62. The highest BCUT2D eigenvalue weighted by molar-refractivity contribution is 5.78. The number of aryl methyl sites for hydroxylation is 1. The topological polar surface area (TPSA) is 81.9 Å². The number of nitrogens with zero attached hydrogens (tertiary/aromatic N) is 4. The van der Waals surface area contributed by atoms with E-state index < -0.39 is 0 Å². The number of anilines is 1. The summed E-state index contributed by atoms with van der Waals surface area (Å²) in [7, 11) is 3.41. The van der Waals surface area contributed by atoms with Crippen molar-refractivity contribution in [2.24, 2.45) is 5.92 Å². The van der Waals surface area contributed by atoms with E-state index in [1.165, 1.54) is 0 Å². The first kappa shape index (κ1) is 14.9. The Kier molecular flexibility index (Phi) is 4.81. The fourth-order valence-corrected chi connectivity index (χ4v) is 1.82. The zero-order valence-corrected chi connectivity index (χ0v) is 12.0. The van der Waals surface area contributed by atoms with E-state index in [0.29, 0.717) is 17.9 Å². The highest BCUT2D eigenvalue weighted by Gasteiger charge is 2.19. The van der Waals surface area contributed by atoms with E-state index in [0.717, 1.165) is 11.3 Å². The van der Waals surface area contributed by atoms with Crippen LogP contribution in [0, 0.1) is 31.1 Å². The maximum atomic E-state index is 11.5. The number of hydrogen-bond donors (Lipinski definition) is 1. The summed E-state index contributed by atoms with van der Waals surface area (Å²) in [6.07, 6.45) is 0. The average Bonchev–Trinajstić information content (AvgIpc) is 2.40. The van der Waals surface area contributed by atoms with Gasteiger partial charge in [0.1, 0.15) is 11.6 Å². The van der Waals surface area contributed by atoms with Gasteiger partial charge in [-0.2, -0.15) is 10.4 Å². The Morgan fingerprint density at radius 2 is 2.11 bits per heavy atom. The standard InChI is InChI=1S/C13H19N5O/c1-8(13(19)15-4)7-18(5)12-11(6-14)9(2)10(3)16-17-12/h8H,7H2,1-5H3,(H,15,19). The van der Waals surface area contributed by atoms with E-state index in [1.807, 2.05) is 20.8 Å². The van der Waals surface area contributed by atoms with E-state index in [-0.39, 0.29) is 11.8 Å². The van der Waals surface area contributed by atoms with Crippen molar-refractivity contribution in [3.05, 3.63) is 16.8 Å². The van der Waals surface area contributed by atoms with Crippen molar-refractivity contribution in [1.82, 2.24) is 15.5 Å². The molecule has 1 unspecified atom stereocenters. The molecular formula is C13H19N5O. The highest BCUT2D eigenvalue weighted by atomic mass is 16.1. The van der Waals surface area contributed by atoms with Crippen LogP contribution in [0.4, 0.5) is 5.82 Å². The molecule has 6 heteroatoms. The monoisotopic (exact) mass is 261 g/mol. The van der Waals surface area contributed by atoms with Gasteiger partial charge in [-0.05, 0) is 19.4 Å². The zero-order valence-electron chi connectivity index (χ0n) is 12.0. The number of aromatic nitrogens is 2. The largest absolute Gasteiger partial charge is 0.359 e. The van der Waals surface area contributed by atoms with Crippen molar-refractivity contribution in [1.29, 1.82) is 5.26 Å². The van der Waals surface area contributed by atoms with Gasteiger partial charge in [-0.15, -0.1) is 5.10 Å². The zero-order chi connectivity index (χ0) is 14.6. The van der Waals surface area contributed by atoms with Crippen molar-refractivity contribution in [3.8, 4) is 6.07 Å². The lowest BCUT2D eigenvalue weighted by Crippen LogP contribution is -2.35. The van der Waals surface area contributed by atoms with Crippen LogP contribution < -0.4 is 10.2 Å². The van der Waals surface area contributed by atoms with Crippen molar-refractivity contribution in [2.75, 3.05) is 25.5 Å². The molecule has 0 fully saturated rings. The quantitative estimate of drug-likeness (QED) is 0.866. The molecule has 0 aromatic carbocycles. The molecule has 0 aliphatic carbocycles. The Balaban J connectivity index is 3.01. The Labute approximate surface area is 113 Å². The number of amides is 1. The lowest BCUT2D eigenvalue weighted by molar-refractivity contribution is -0.123. The van der Waals surface area contributed by atoms with Crippen LogP contribution in [-0.4, -0.2) is 36.7 Å². The first-order valence-corrected chi connectivity index (χ1v) is 6.09. The molecule has 1 rings (SSSR count). The number of rotatable bonds is 4. The summed E-state index contributed by atoms with van der Waals surface area (Å²) in [6.45, 7) is 5.98.